The van der Waals surface area contributed by atoms with Gasteiger partial charge in [-0.05, 0) is 18.1 Å². The molecule has 0 bridgehead atoms. The Hall–Kier alpha value is -2.05. The van der Waals surface area contributed by atoms with Crippen LogP contribution in [0.1, 0.15) is 22.3 Å². The molecule has 0 atom stereocenters. The predicted octanol–water partition coefficient (Wildman–Crippen LogP) is 2.22. The lowest BCUT2D eigenvalue weighted by molar-refractivity contribution is 0.352. The van der Waals surface area contributed by atoms with Crippen LogP contribution < -0.4 is 14.2 Å². The van der Waals surface area contributed by atoms with Gasteiger partial charge in [0.05, 0.1) is 19.0 Å². The quantitative estimate of drug-likeness (QED) is 0.859. The van der Waals surface area contributed by atoms with Gasteiger partial charge in [-0.15, -0.1) is 0 Å². The minimum atomic E-state index is -3.36. The molecule has 25 heavy (non-hydrogen) atoms. The Morgan fingerprint density at radius 1 is 1.04 bits per heavy atom. The van der Waals surface area contributed by atoms with Crippen molar-refractivity contribution in [2.75, 3.05) is 19.0 Å². The molecule has 4 rings (SSSR count). The Morgan fingerprint density at radius 3 is 2.68 bits per heavy atom. The van der Waals surface area contributed by atoms with Crippen molar-refractivity contribution in [3.8, 4) is 11.5 Å². The number of benzene rings is 2. The molecule has 2 aliphatic rings. The van der Waals surface area contributed by atoms with Crippen LogP contribution in [0.15, 0.2) is 36.4 Å². The summed E-state index contributed by atoms with van der Waals surface area (Å²) in [5.41, 5.74) is 4.14. The zero-order valence-corrected chi connectivity index (χ0v) is 14.8. The van der Waals surface area contributed by atoms with E-state index in [4.69, 9.17) is 9.47 Å². The molecular formula is C19H21NO4S. The van der Waals surface area contributed by atoms with E-state index in [1.165, 1.54) is 0 Å². The standard InChI is InChI=1S/C19H21NO4S/c21-25(22,11-8-14-4-2-1-3-5-14)20-13-17-16-7-10-23-18(16)12-15-6-9-24-19(15)17/h1-5,12,20H,6-11,13H2. The summed E-state index contributed by atoms with van der Waals surface area (Å²) < 4.78 is 39.0. The van der Waals surface area contributed by atoms with E-state index in [1.807, 2.05) is 36.4 Å². The van der Waals surface area contributed by atoms with Gasteiger partial charge < -0.3 is 9.47 Å². The molecule has 6 heteroatoms. The van der Waals surface area contributed by atoms with Gasteiger partial charge in [0.2, 0.25) is 10.0 Å². The molecule has 0 aromatic heterocycles. The molecular weight excluding hydrogens is 338 g/mol. The van der Waals surface area contributed by atoms with Crippen LogP contribution in [-0.2, 0) is 35.8 Å². The number of hydrogen-bond acceptors (Lipinski definition) is 4. The van der Waals surface area contributed by atoms with Crippen molar-refractivity contribution >= 4 is 10.0 Å². The summed E-state index contributed by atoms with van der Waals surface area (Å²) in [4.78, 5) is 0. The first-order valence-corrected chi connectivity index (χ1v) is 10.2. The summed E-state index contributed by atoms with van der Waals surface area (Å²) in [6.07, 6.45) is 2.15. The second kappa shape index (κ2) is 6.69. The minimum absolute atomic E-state index is 0.0750. The first-order chi connectivity index (χ1) is 12.1. The molecule has 0 spiro atoms. The predicted molar refractivity (Wildman–Crippen MR) is 95.6 cm³/mol. The van der Waals surface area contributed by atoms with Gasteiger partial charge in [0.25, 0.3) is 0 Å². The lowest BCUT2D eigenvalue weighted by atomic mass is 10.00. The highest BCUT2D eigenvalue weighted by Crippen LogP contribution is 2.40. The fourth-order valence-corrected chi connectivity index (χ4v) is 4.44. The summed E-state index contributed by atoms with van der Waals surface area (Å²) in [6.45, 7) is 1.55. The van der Waals surface area contributed by atoms with Crippen molar-refractivity contribution in [1.82, 2.24) is 4.72 Å². The second-order valence-corrected chi connectivity index (χ2v) is 8.32. The van der Waals surface area contributed by atoms with E-state index in [0.717, 1.165) is 46.6 Å². The van der Waals surface area contributed by atoms with Gasteiger partial charge in [-0.2, -0.15) is 0 Å². The van der Waals surface area contributed by atoms with Crippen molar-refractivity contribution in [2.24, 2.45) is 0 Å². The van der Waals surface area contributed by atoms with Crippen LogP contribution in [0.2, 0.25) is 0 Å². The van der Waals surface area contributed by atoms with Crippen molar-refractivity contribution in [1.29, 1.82) is 0 Å². The van der Waals surface area contributed by atoms with Crippen molar-refractivity contribution in [3.63, 3.8) is 0 Å². The van der Waals surface area contributed by atoms with Crippen molar-refractivity contribution < 1.29 is 17.9 Å². The highest BCUT2D eigenvalue weighted by Gasteiger charge is 2.27. The van der Waals surface area contributed by atoms with E-state index < -0.39 is 10.0 Å². The summed E-state index contributed by atoms with van der Waals surface area (Å²) in [7, 11) is -3.36. The molecule has 1 N–H and O–H groups in total. The number of nitrogens with one attached hydrogen (secondary N) is 1. The molecule has 0 saturated heterocycles. The van der Waals surface area contributed by atoms with Crippen LogP contribution in [0.4, 0.5) is 0 Å². The normalized spacial score (nSPS) is 15.4. The van der Waals surface area contributed by atoms with E-state index in [9.17, 15) is 8.42 Å². The van der Waals surface area contributed by atoms with Crippen molar-refractivity contribution in [3.05, 3.63) is 58.7 Å². The van der Waals surface area contributed by atoms with Gasteiger partial charge in [-0.1, -0.05) is 30.3 Å². The third-order valence-electron chi connectivity index (χ3n) is 4.73. The van der Waals surface area contributed by atoms with Gasteiger partial charge >= 0.3 is 0 Å². The Kier molecular flexibility index (Phi) is 4.39. The Balaban J connectivity index is 1.48. The number of aryl methyl sites for hydroxylation is 1. The minimum Gasteiger partial charge on any atom is -0.493 e. The van der Waals surface area contributed by atoms with E-state index in [-0.39, 0.29) is 12.3 Å². The maximum Gasteiger partial charge on any atom is 0.212 e. The Bertz CT molecular complexity index is 846. The number of rotatable bonds is 6. The first-order valence-electron chi connectivity index (χ1n) is 8.57. The molecule has 0 amide bonds. The number of fused-ring (bicyclic) bond motifs is 2. The maximum absolute atomic E-state index is 12.4. The fourth-order valence-electron chi connectivity index (χ4n) is 3.42. The molecule has 132 valence electrons. The van der Waals surface area contributed by atoms with Gasteiger partial charge in [0, 0.05) is 36.1 Å². The lowest BCUT2D eigenvalue weighted by Crippen LogP contribution is -2.27. The molecule has 0 fully saturated rings. The molecule has 0 saturated carbocycles. The fraction of sp³-hybridized carbons (Fsp3) is 0.368. The van der Waals surface area contributed by atoms with E-state index in [0.29, 0.717) is 19.6 Å². The van der Waals surface area contributed by atoms with Gasteiger partial charge in [0.1, 0.15) is 11.5 Å². The highest BCUT2D eigenvalue weighted by molar-refractivity contribution is 7.89. The van der Waals surface area contributed by atoms with E-state index in [1.54, 1.807) is 0 Å². The summed E-state index contributed by atoms with van der Waals surface area (Å²) in [5, 5.41) is 0. The van der Waals surface area contributed by atoms with Crippen LogP contribution in [-0.4, -0.2) is 27.4 Å². The zero-order chi connectivity index (χ0) is 17.3. The zero-order valence-electron chi connectivity index (χ0n) is 14.0. The molecule has 2 aliphatic heterocycles. The van der Waals surface area contributed by atoms with Crippen LogP contribution >= 0.6 is 0 Å². The molecule has 0 unspecified atom stereocenters. The Labute approximate surface area is 148 Å². The monoisotopic (exact) mass is 359 g/mol. The summed E-state index contributed by atoms with van der Waals surface area (Å²) in [5.74, 6) is 1.80. The molecule has 2 aromatic rings. The summed E-state index contributed by atoms with van der Waals surface area (Å²) >= 11 is 0. The lowest BCUT2D eigenvalue weighted by Gasteiger charge is -2.14. The van der Waals surface area contributed by atoms with Crippen LogP contribution in [0.5, 0.6) is 11.5 Å². The first kappa shape index (κ1) is 16.4. The summed E-state index contributed by atoms with van der Waals surface area (Å²) in [6, 6.07) is 11.7. The smallest absolute Gasteiger partial charge is 0.212 e. The molecule has 5 nitrogen and oxygen atoms in total. The SMILES string of the molecule is O=S(=O)(CCc1ccccc1)NCc1c2c(cc3c1OCC3)OCC2. The van der Waals surface area contributed by atoms with Crippen molar-refractivity contribution in [2.45, 2.75) is 25.8 Å². The molecule has 0 radical (unpaired) electrons. The topological polar surface area (TPSA) is 64.6 Å². The van der Waals surface area contributed by atoms with Gasteiger partial charge in [-0.25, -0.2) is 13.1 Å². The highest BCUT2D eigenvalue weighted by atomic mass is 32.2. The largest absolute Gasteiger partial charge is 0.493 e. The molecule has 2 aromatic carbocycles. The average Bonchev–Trinajstić information content (AvgIpc) is 3.26. The number of ether oxygens (including phenoxy) is 2. The third kappa shape index (κ3) is 3.50. The van der Waals surface area contributed by atoms with E-state index >= 15 is 0 Å². The second-order valence-electron chi connectivity index (χ2n) is 6.39. The molecule has 2 heterocycles. The molecule has 0 aliphatic carbocycles. The average molecular weight is 359 g/mol. The van der Waals surface area contributed by atoms with Crippen LogP contribution in [0.25, 0.3) is 0 Å². The van der Waals surface area contributed by atoms with Crippen LogP contribution in [0, 0.1) is 0 Å². The number of hydrogen-bond donors (Lipinski definition) is 1. The van der Waals surface area contributed by atoms with Gasteiger partial charge in [-0.3, -0.25) is 0 Å². The van der Waals surface area contributed by atoms with E-state index in [2.05, 4.69) is 4.72 Å². The third-order valence-corrected chi connectivity index (χ3v) is 6.06. The maximum atomic E-state index is 12.4. The number of sulfonamides is 1. The van der Waals surface area contributed by atoms with Gasteiger partial charge in [0.15, 0.2) is 0 Å². The Morgan fingerprint density at radius 2 is 1.84 bits per heavy atom. The van der Waals surface area contributed by atoms with Crippen LogP contribution in [0.3, 0.4) is 0 Å².